The lowest BCUT2D eigenvalue weighted by Gasteiger charge is -2.06. The Balaban J connectivity index is 3.10. The molecular formula is C10H11ClFNO. The number of halogens is 2. The van der Waals surface area contributed by atoms with Gasteiger partial charge in [-0.1, -0.05) is 12.2 Å². The highest BCUT2D eigenvalue weighted by molar-refractivity contribution is 6.19. The van der Waals surface area contributed by atoms with Crippen LogP contribution in [0.3, 0.4) is 0 Å². The van der Waals surface area contributed by atoms with Gasteiger partial charge in [0, 0.05) is 17.5 Å². The zero-order chi connectivity index (χ0) is 10.6. The van der Waals surface area contributed by atoms with Crippen molar-refractivity contribution in [1.29, 1.82) is 0 Å². The maximum atomic E-state index is 13.3. The van der Waals surface area contributed by atoms with E-state index in [0.717, 1.165) is 0 Å². The molecule has 0 aromatic heterocycles. The molecular weight excluding hydrogens is 205 g/mol. The van der Waals surface area contributed by atoms with Gasteiger partial charge in [-0.2, -0.15) is 0 Å². The average molecular weight is 216 g/mol. The Labute approximate surface area is 87.1 Å². The number of ether oxygens (including phenoxy) is 1. The number of anilines is 1. The molecule has 0 amide bonds. The Morgan fingerprint density at radius 2 is 2.29 bits per heavy atom. The van der Waals surface area contributed by atoms with Crippen molar-refractivity contribution < 1.29 is 9.13 Å². The summed E-state index contributed by atoms with van der Waals surface area (Å²) in [7, 11) is 1.48. The van der Waals surface area contributed by atoms with Crippen molar-refractivity contribution in [3.8, 4) is 5.75 Å². The zero-order valence-electron chi connectivity index (χ0n) is 7.76. The largest absolute Gasteiger partial charge is 0.495 e. The quantitative estimate of drug-likeness (QED) is 0.622. The van der Waals surface area contributed by atoms with Gasteiger partial charge in [0.25, 0.3) is 0 Å². The van der Waals surface area contributed by atoms with Gasteiger partial charge in [0.05, 0.1) is 12.8 Å². The molecule has 0 saturated carbocycles. The van der Waals surface area contributed by atoms with Gasteiger partial charge in [-0.3, -0.25) is 0 Å². The van der Waals surface area contributed by atoms with Crippen LogP contribution in [0.2, 0.25) is 0 Å². The topological polar surface area (TPSA) is 35.2 Å². The molecule has 0 fully saturated rings. The molecule has 4 heteroatoms. The lowest BCUT2D eigenvalue weighted by atomic mass is 10.1. The molecule has 0 bridgehead atoms. The summed E-state index contributed by atoms with van der Waals surface area (Å²) in [6.45, 7) is 0. The summed E-state index contributed by atoms with van der Waals surface area (Å²) in [5.41, 5.74) is 6.21. The minimum Gasteiger partial charge on any atom is -0.495 e. The van der Waals surface area contributed by atoms with E-state index in [-0.39, 0.29) is 11.5 Å². The van der Waals surface area contributed by atoms with Crippen LogP contribution in [0.1, 0.15) is 5.56 Å². The van der Waals surface area contributed by atoms with E-state index < -0.39 is 0 Å². The molecule has 0 unspecified atom stereocenters. The van der Waals surface area contributed by atoms with Crippen LogP contribution in [0.15, 0.2) is 18.2 Å². The molecule has 2 N–H and O–H groups in total. The monoisotopic (exact) mass is 215 g/mol. The van der Waals surface area contributed by atoms with Gasteiger partial charge < -0.3 is 10.5 Å². The molecule has 0 aliphatic carbocycles. The Hall–Kier alpha value is -1.22. The van der Waals surface area contributed by atoms with Gasteiger partial charge in [-0.05, 0) is 6.07 Å². The van der Waals surface area contributed by atoms with Crippen molar-refractivity contribution in [1.82, 2.24) is 0 Å². The van der Waals surface area contributed by atoms with Crippen molar-refractivity contribution >= 4 is 23.4 Å². The maximum Gasteiger partial charge on any atom is 0.142 e. The number of allylic oxidation sites excluding steroid dienone is 1. The second-order valence-corrected chi connectivity index (χ2v) is 2.98. The number of nitrogens with two attached hydrogens (primary N) is 1. The summed E-state index contributed by atoms with van der Waals surface area (Å²) in [4.78, 5) is 0. The molecule has 2 nitrogen and oxygen atoms in total. The molecule has 0 saturated heterocycles. The average Bonchev–Trinajstić information content (AvgIpc) is 2.17. The number of nitrogen functional groups attached to an aromatic ring is 1. The molecule has 1 aromatic rings. The molecule has 0 heterocycles. The van der Waals surface area contributed by atoms with Crippen LogP contribution in [-0.2, 0) is 0 Å². The molecule has 14 heavy (non-hydrogen) atoms. The predicted molar refractivity (Wildman–Crippen MR) is 57.1 cm³/mol. The fourth-order valence-electron chi connectivity index (χ4n) is 1.06. The van der Waals surface area contributed by atoms with E-state index in [2.05, 4.69) is 0 Å². The van der Waals surface area contributed by atoms with Gasteiger partial charge >= 0.3 is 0 Å². The second-order valence-electron chi connectivity index (χ2n) is 2.67. The summed E-state index contributed by atoms with van der Waals surface area (Å²) in [6.07, 6.45) is 3.24. The van der Waals surface area contributed by atoms with E-state index in [9.17, 15) is 4.39 Å². The first-order valence-corrected chi connectivity index (χ1v) is 4.58. The Morgan fingerprint density at radius 1 is 1.57 bits per heavy atom. The molecule has 1 aromatic carbocycles. The highest BCUT2D eigenvalue weighted by Gasteiger charge is 2.05. The zero-order valence-corrected chi connectivity index (χ0v) is 8.51. The fourth-order valence-corrected chi connectivity index (χ4v) is 1.15. The van der Waals surface area contributed by atoms with E-state index >= 15 is 0 Å². The third-order valence-electron chi connectivity index (χ3n) is 1.74. The second kappa shape index (κ2) is 4.86. The predicted octanol–water partition coefficient (Wildman–Crippen LogP) is 2.67. The first-order valence-electron chi connectivity index (χ1n) is 4.04. The van der Waals surface area contributed by atoms with Gasteiger partial charge in [-0.15, -0.1) is 11.6 Å². The number of benzene rings is 1. The number of hydrogen-bond acceptors (Lipinski definition) is 2. The van der Waals surface area contributed by atoms with Gasteiger partial charge in [0.1, 0.15) is 11.6 Å². The molecule has 0 aliphatic heterocycles. The SMILES string of the molecule is COc1cc(C=CCCl)c(F)cc1N. The van der Waals surface area contributed by atoms with Crippen LogP contribution >= 0.6 is 11.6 Å². The maximum absolute atomic E-state index is 13.3. The molecule has 0 radical (unpaired) electrons. The fraction of sp³-hybridized carbons (Fsp3) is 0.200. The molecule has 0 aliphatic rings. The summed E-state index contributed by atoms with van der Waals surface area (Å²) in [6, 6.07) is 2.76. The first kappa shape index (κ1) is 10.9. The summed E-state index contributed by atoms with van der Waals surface area (Å²) in [5, 5.41) is 0. The lowest BCUT2D eigenvalue weighted by molar-refractivity contribution is 0.416. The number of methoxy groups -OCH3 is 1. The van der Waals surface area contributed by atoms with Crippen LogP contribution in [0.4, 0.5) is 10.1 Å². The summed E-state index contributed by atoms with van der Waals surface area (Å²) < 4.78 is 18.2. The van der Waals surface area contributed by atoms with Crippen molar-refractivity contribution in [3.63, 3.8) is 0 Å². The van der Waals surface area contributed by atoms with Crippen molar-refractivity contribution in [2.24, 2.45) is 0 Å². The van der Waals surface area contributed by atoms with Crippen LogP contribution in [0.25, 0.3) is 6.08 Å². The van der Waals surface area contributed by atoms with E-state index in [1.54, 1.807) is 12.2 Å². The van der Waals surface area contributed by atoms with Crippen molar-refractivity contribution in [2.75, 3.05) is 18.7 Å². The van der Waals surface area contributed by atoms with Crippen molar-refractivity contribution in [3.05, 3.63) is 29.6 Å². The van der Waals surface area contributed by atoms with Gasteiger partial charge in [0.15, 0.2) is 0 Å². The standard InChI is InChI=1S/C10H11ClFNO/c1-14-10-5-7(3-2-4-11)8(12)6-9(10)13/h2-3,5-6H,4,13H2,1H3. The minimum atomic E-state index is -0.385. The lowest BCUT2D eigenvalue weighted by Crippen LogP contribution is -1.95. The van der Waals surface area contributed by atoms with Gasteiger partial charge in [-0.25, -0.2) is 4.39 Å². The van der Waals surface area contributed by atoms with E-state index in [1.165, 1.54) is 19.2 Å². The third kappa shape index (κ3) is 2.39. The Bertz CT molecular complexity index is 352. The first-order chi connectivity index (χ1) is 6.69. The minimum absolute atomic E-state index is 0.285. The highest BCUT2D eigenvalue weighted by Crippen LogP contribution is 2.25. The van der Waals surface area contributed by atoms with Crippen LogP contribution in [0.5, 0.6) is 5.75 Å². The van der Waals surface area contributed by atoms with E-state index in [4.69, 9.17) is 22.1 Å². The van der Waals surface area contributed by atoms with E-state index in [0.29, 0.717) is 17.2 Å². The van der Waals surface area contributed by atoms with Crippen LogP contribution < -0.4 is 10.5 Å². The normalized spacial score (nSPS) is 10.8. The Kier molecular flexibility index (Phi) is 3.77. The van der Waals surface area contributed by atoms with E-state index in [1.807, 2.05) is 0 Å². The Morgan fingerprint density at radius 3 is 2.86 bits per heavy atom. The number of rotatable bonds is 3. The summed E-state index contributed by atoms with van der Waals surface area (Å²) >= 11 is 5.44. The smallest absolute Gasteiger partial charge is 0.142 e. The number of alkyl halides is 1. The third-order valence-corrected chi connectivity index (χ3v) is 1.91. The molecule has 0 spiro atoms. The number of hydrogen-bond donors (Lipinski definition) is 1. The molecule has 76 valence electrons. The molecule has 0 atom stereocenters. The molecule has 1 rings (SSSR count). The van der Waals surface area contributed by atoms with Crippen molar-refractivity contribution in [2.45, 2.75) is 0 Å². The van der Waals surface area contributed by atoms with Gasteiger partial charge in [0.2, 0.25) is 0 Å². The van der Waals surface area contributed by atoms with Crippen LogP contribution in [-0.4, -0.2) is 13.0 Å². The van der Waals surface area contributed by atoms with Crippen LogP contribution in [0, 0.1) is 5.82 Å². The summed E-state index contributed by atoms with van der Waals surface area (Å²) in [5.74, 6) is 0.414. The highest BCUT2D eigenvalue weighted by atomic mass is 35.5.